The van der Waals surface area contributed by atoms with Crippen LogP contribution in [0.2, 0.25) is 0 Å². The molecular weight excluding hydrogens is 486 g/mol. The number of oxime groups is 1. The van der Waals surface area contributed by atoms with E-state index >= 15 is 0 Å². The van der Waals surface area contributed by atoms with E-state index in [4.69, 9.17) is 4.84 Å². The number of phenols is 1. The summed E-state index contributed by atoms with van der Waals surface area (Å²) in [6.07, 6.45) is 0. The molecule has 2 atom stereocenters. The third-order valence-electron chi connectivity index (χ3n) is 5.03. The molecule has 0 bridgehead atoms. The second kappa shape index (κ2) is 9.72. The minimum atomic E-state index is -1.22. The summed E-state index contributed by atoms with van der Waals surface area (Å²) in [4.78, 5) is 43.7. The van der Waals surface area contributed by atoms with Crippen LogP contribution < -0.4 is 5.32 Å². The van der Waals surface area contributed by atoms with Crippen molar-refractivity contribution in [3.05, 3.63) is 41.1 Å². The zero-order valence-electron chi connectivity index (χ0n) is 17.9. The minimum absolute atomic E-state index is 0.0155. The van der Waals surface area contributed by atoms with E-state index in [1.165, 1.54) is 64.5 Å². The number of thioether (sulfide) groups is 2. The number of phenolic OH excluding ortho intramolecular Hbond substituents is 1. The number of carbonyl (C=O) groups excluding carboxylic acids is 2. The van der Waals surface area contributed by atoms with E-state index in [-0.39, 0.29) is 17.2 Å². The lowest BCUT2D eigenvalue weighted by atomic mass is 10.0. The lowest BCUT2D eigenvalue weighted by Gasteiger charge is -2.49. The normalized spacial score (nSPS) is 20.0. The maximum Gasteiger partial charge on any atom is 0.352 e. The molecule has 0 spiro atoms. The molecule has 13 nitrogen and oxygen atoms in total. The number of carbonyl (C=O) groups is 3. The number of hydrogen-bond donors (Lipinski definition) is 3. The Morgan fingerprint density at radius 3 is 2.71 bits per heavy atom. The topological polar surface area (TPSA) is 172 Å². The third-order valence-corrected chi connectivity index (χ3v) is 7.47. The first kappa shape index (κ1) is 23.6. The van der Waals surface area contributed by atoms with Gasteiger partial charge in [-0.1, -0.05) is 16.9 Å². The minimum Gasteiger partial charge on any atom is -0.508 e. The van der Waals surface area contributed by atoms with Crippen LogP contribution in [0.15, 0.2) is 45.8 Å². The summed E-state index contributed by atoms with van der Waals surface area (Å²) in [7, 11) is 2.95. The molecule has 1 fully saturated rings. The summed E-state index contributed by atoms with van der Waals surface area (Å²) < 4.78 is 1.47. The summed E-state index contributed by atoms with van der Waals surface area (Å²) in [5.41, 5.74) is 0.760. The molecule has 1 aromatic heterocycles. The average molecular weight is 506 g/mol. The monoisotopic (exact) mass is 505 g/mol. The van der Waals surface area contributed by atoms with Gasteiger partial charge in [0.15, 0.2) is 5.71 Å². The number of carboxylic acid groups (broad SMARTS) is 1. The molecule has 1 unspecified atom stereocenters. The number of nitrogens with zero attached hydrogens (tertiary/aromatic N) is 6. The number of aliphatic carboxylic acids is 1. The second-order valence-corrected chi connectivity index (χ2v) is 9.21. The SMILES string of the molecule is CO/N=C(/C(=O)NC1C(=O)N2C(C(=O)O)=C(CSc3nnnn3C)CS[C@H]12)c1ccc(O)cc1. The third kappa shape index (κ3) is 4.43. The fourth-order valence-corrected chi connectivity index (χ4v) is 5.77. The maximum atomic E-state index is 12.9. The quantitative estimate of drug-likeness (QED) is 0.188. The Balaban J connectivity index is 1.49. The van der Waals surface area contributed by atoms with Crippen molar-refractivity contribution in [2.24, 2.45) is 12.2 Å². The fourth-order valence-electron chi connectivity index (χ4n) is 3.43. The molecule has 2 amide bonds. The van der Waals surface area contributed by atoms with E-state index in [1.807, 2.05) is 0 Å². The highest BCUT2D eigenvalue weighted by Crippen LogP contribution is 2.41. The first-order valence-electron chi connectivity index (χ1n) is 9.78. The van der Waals surface area contributed by atoms with Crippen LogP contribution in [0.5, 0.6) is 5.75 Å². The molecule has 2 aliphatic heterocycles. The number of fused-ring (bicyclic) bond motifs is 1. The molecule has 0 saturated carbocycles. The Hall–Kier alpha value is -3.59. The molecule has 1 saturated heterocycles. The average Bonchev–Trinajstić information content (AvgIpc) is 3.23. The number of carboxylic acids is 1. The Morgan fingerprint density at radius 2 is 2.09 bits per heavy atom. The smallest absolute Gasteiger partial charge is 0.352 e. The van der Waals surface area contributed by atoms with E-state index in [2.05, 4.69) is 26.0 Å². The van der Waals surface area contributed by atoms with Crippen LogP contribution in [0.4, 0.5) is 0 Å². The lowest BCUT2D eigenvalue weighted by Crippen LogP contribution is -2.71. The first-order valence-corrected chi connectivity index (χ1v) is 11.8. The Bertz CT molecular complexity index is 1200. The number of tetrazole rings is 1. The number of aryl methyl sites for hydroxylation is 1. The van der Waals surface area contributed by atoms with Gasteiger partial charge in [-0.2, -0.15) is 0 Å². The molecule has 4 rings (SSSR count). The Morgan fingerprint density at radius 1 is 1.35 bits per heavy atom. The largest absolute Gasteiger partial charge is 0.508 e. The van der Waals surface area contributed by atoms with Crippen molar-refractivity contribution in [2.45, 2.75) is 16.6 Å². The highest BCUT2D eigenvalue weighted by molar-refractivity contribution is 8.01. The number of hydrogen-bond acceptors (Lipinski definition) is 11. The Kier molecular flexibility index (Phi) is 6.74. The van der Waals surface area contributed by atoms with Crippen molar-refractivity contribution in [3.8, 4) is 5.75 Å². The van der Waals surface area contributed by atoms with Crippen LogP contribution in [0, 0.1) is 0 Å². The molecule has 34 heavy (non-hydrogen) atoms. The van der Waals surface area contributed by atoms with E-state index in [1.54, 1.807) is 7.05 Å². The van der Waals surface area contributed by atoms with Crippen molar-refractivity contribution in [1.29, 1.82) is 0 Å². The molecule has 1 aromatic carbocycles. The zero-order chi connectivity index (χ0) is 24.4. The standard InChI is InChI=1S/C19H19N7O6S2/c1-25-19(21-23-24-25)34-8-10-7-33-17-13(16(29)26(17)14(10)18(30)31)20-15(28)12(22-32-2)9-3-5-11(27)6-4-9/h3-6,13,17,27H,7-8H2,1-2H3,(H,20,28)(H,30,31)/b22-12+/t13?,17-/m1/s1. The second-order valence-electron chi connectivity index (χ2n) is 7.16. The molecule has 2 aromatic rings. The molecule has 15 heteroatoms. The molecule has 2 aliphatic rings. The predicted octanol–water partition coefficient (Wildman–Crippen LogP) is -0.203. The van der Waals surface area contributed by atoms with Crippen LogP contribution >= 0.6 is 23.5 Å². The van der Waals surface area contributed by atoms with Gasteiger partial charge in [-0.15, -0.1) is 16.9 Å². The number of rotatable bonds is 8. The van der Waals surface area contributed by atoms with E-state index < -0.39 is 29.2 Å². The molecule has 178 valence electrons. The van der Waals surface area contributed by atoms with Gasteiger partial charge < -0.3 is 20.4 Å². The zero-order valence-corrected chi connectivity index (χ0v) is 19.5. The van der Waals surface area contributed by atoms with Gasteiger partial charge >= 0.3 is 5.97 Å². The molecule has 3 heterocycles. The van der Waals surface area contributed by atoms with Crippen LogP contribution in [-0.2, 0) is 26.3 Å². The molecular formula is C19H19N7O6S2. The fraction of sp³-hybridized carbons (Fsp3) is 0.316. The lowest BCUT2D eigenvalue weighted by molar-refractivity contribution is -0.150. The van der Waals surface area contributed by atoms with E-state index in [9.17, 15) is 24.6 Å². The Labute approximate surface area is 201 Å². The van der Waals surface area contributed by atoms with E-state index in [0.29, 0.717) is 27.8 Å². The van der Waals surface area contributed by atoms with Gasteiger partial charge in [0, 0.05) is 24.1 Å². The summed E-state index contributed by atoms with van der Waals surface area (Å²) >= 11 is 2.62. The molecule has 0 radical (unpaired) electrons. The van der Waals surface area contributed by atoms with Gasteiger partial charge in [-0.05, 0) is 40.3 Å². The summed E-state index contributed by atoms with van der Waals surface area (Å²) in [5.74, 6) is -1.75. The van der Waals surface area contributed by atoms with Gasteiger partial charge in [-0.25, -0.2) is 9.48 Å². The van der Waals surface area contributed by atoms with Crippen molar-refractivity contribution in [2.75, 3.05) is 18.6 Å². The van der Waals surface area contributed by atoms with E-state index in [0.717, 1.165) is 0 Å². The van der Waals surface area contributed by atoms with Crippen molar-refractivity contribution in [3.63, 3.8) is 0 Å². The number of aromatic nitrogens is 4. The highest BCUT2D eigenvalue weighted by atomic mass is 32.2. The molecule has 0 aliphatic carbocycles. The number of aromatic hydroxyl groups is 1. The number of β-lactam (4-membered cyclic amide) rings is 1. The highest BCUT2D eigenvalue weighted by Gasteiger charge is 2.54. The van der Waals surface area contributed by atoms with Gasteiger partial charge in [0.1, 0.15) is 30.0 Å². The summed E-state index contributed by atoms with van der Waals surface area (Å²) in [5, 5.41) is 36.7. The first-order chi connectivity index (χ1) is 16.3. The summed E-state index contributed by atoms with van der Waals surface area (Å²) in [6, 6.07) is 4.82. The molecule has 3 N–H and O–H groups in total. The van der Waals surface area contributed by atoms with Crippen LogP contribution in [0.1, 0.15) is 5.56 Å². The number of nitrogens with one attached hydrogen (secondary N) is 1. The van der Waals surface area contributed by atoms with Crippen molar-refractivity contribution in [1.82, 2.24) is 30.4 Å². The summed E-state index contributed by atoms with van der Waals surface area (Å²) in [6.45, 7) is 0. The van der Waals surface area contributed by atoms with Crippen LogP contribution in [-0.4, -0.2) is 88.8 Å². The number of amides is 2. The van der Waals surface area contributed by atoms with Gasteiger partial charge in [-0.3, -0.25) is 14.5 Å². The van der Waals surface area contributed by atoms with Gasteiger partial charge in [0.05, 0.1) is 0 Å². The van der Waals surface area contributed by atoms with Crippen molar-refractivity contribution >= 4 is 47.0 Å². The predicted molar refractivity (Wildman–Crippen MR) is 121 cm³/mol. The maximum absolute atomic E-state index is 12.9. The van der Waals surface area contributed by atoms with Crippen LogP contribution in [0.3, 0.4) is 0 Å². The van der Waals surface area contributed by atoms with Gasteiger partial charge in [0.2, 0.25) is 5.16 Å². The van der Waals surface area contributed by atoms with Gasteiger partial charge in [0.25, 0.3) is 11.8 Å². The number of benzene rings is 1. The van der Waals surface area contributed by atoms with Crippen molar-refractivity contribution < 1.29 is 29.4 Å². The van der Waals surface area contributed by atoms with Crippen LogP contribution in [0.25, 0.3) is 0 Å².